The van der Waals surface area contributed by atoms with Gasteiger partial charge in [-0.15, -0.1) is 0 Å². The van der Waals surface area contributed by atoms with Crippen LogP contribution in [0.25, 0.3) is 21.8 Å². The maximum atomic E-state index is 2.35. The molecule has 0 spiro atoms. The highest BCUT2D eigenvalue weighted by molar-refractivity contribution is 6.08. The van der Waals surface area contributed by atoms with E-state index in [-0.39, 0.29) is 0 Å². The standard InChI is InChI=1S/C17H19N/c1-11(2)13-6-8-17-15(10-13)14-9-12(3)5-7-16(14)18(17)4/h5-11H,1-4H3. The van der Waals surface area contributed by atoms with Gasteiger partial charge in [-0.1, -0.05) is 31.5 Å². The second-order valence-corrected chi connectivity index (χ2v) is 5.51. The van der Waals surface area contributed by atoms with E-state index < -0.39 is 0 Å². The molecule has 0 atom stereocenters. The van der Waals surface area contributed by atoms with Gasteiger partial charge in [-0.3, -0.25) is 0 Å². The molecule has 0 aliphatic carbocycles. The normalized spacial score (nSPS) is 11.8. The lowest BCUT2D eigenvalue weighted by atomic mass is 10.0. The molecule has 1 nitrogen and oxygen atoms in total. The molecule has 92 valence electrons. The number of nitrogens with zero attached hydrogens (tertiary/aromatic N) is 1. The molecule has 0 fully saturated rings. The average Bonchev–Trinajstić information content (AvgIpc) is 2.62. The van der Waals surface area contributed by atoms with Gasteiger partial charge in [0.15, 0.2) is 0 Å². The predicted octanol–water partition coefficient (Wildman–Crippen LogP) is 4.76. The highest BCUT2D eigenvalue weighted by Crippen LogP contribution is 2.31. The molecule has 0 unspecified atom stereocenters. The summed E-state index contributed by atoms with van der Waals surface area (Å²) in [5.74, 6) is 0.578. The van der Waals surface area contributed by atoms with Crippen LogP contribution in [0, 0.1) is 6.92 Å². The highest BCUT2D eigenvalue weighted by atomic mass is 14.9. The molecule has 0 bridgehead atoms. The minimum atomic E-state index is 0.578. The van der Waals surface area contributed by atoms with E-state index in [1.54, 1.807) is 0 Å². The monoisotopic (exact) mass is 237 g/mol. The zero-order valence-corrected chi connectivity index (χ0v) is 11.5. The Morgan fingerprint density at radius 1 is 0.889 bits per heavy atom. The Hall–Kier alpha value is -1.76. The third-order valence-corrected chi connectivity index (χ3v) is 3.85. The van der Waals surface area contributed by atoms with Gasteiger partial charge in [0.25, 0.3) is 0 Å². The van der Waals surface area contributed by atoms with E-state index in [9.17, 15) is 0 Å². The molecule has 1 heteroatoms. The van der Waals surface area contributed by atoms with Crippen molar-refractivity contribution in [3.63, 3.8) is 0 Å². The number of aromatic nitrogens is 1. The summed E-state index contributed by atoms with van der Waals surface area (Å²) in [5, 5.41) is 2.75. The quantitative estimate of drug-likeness (QED) is 0.575. The summed E-state index contributed by atoms with van der Waals surface area (Å²) < 4.78 is 2.29. The van der Waals surface area contributed by atoms with Crippen LogP contribution >= 0.6 is 0 Å². The lowest BCUT2D eigenvalue weighted by Gasteiger charge is -2.05. The first-order chi connectivity index (χ1) is 8.58. The minimum absolute atomic E-state index is 0.578. The summed E-state index contributed by atoms with van der Waals surface area (Å²) >= 11 is 0. The summed E-state index contributed by atoms with van der Waals surface area (Å²) in [7, 11) is 2.15. The van der Waals surface area contributed by atoms with Gasteiger partial charge in [-0.2, -0.15) is 0 Å². The second kappa shape index (κ2) is 3.88. The number of aryl methyl sites for hydroxylation is 2. The maximum absolute atomic E-state index is 2.35. The van der Waals surface area contributed by atoms with E-state index in [0.29, 0.717) is 5.92 Å². The van der Waals surface area contributed by atoms with E-state index in [1.807, 2.05) is 0 Å². The van der Waals surface area contributed by atoms with Crippen molar-refractivity contribution in [1.82, 2.24) is 4.57 Å². The van der Waals surface area contributed by atoms with Gasteiger partial charge in [0.05, 0.1) is 0 Å². The van der Waals surface area contributed by atoms with Gasteiger partial charge >= 0.3 is 0 Å². The molecule has 0 saturated heterocycles. The highest BCUT2D eigenvalue weighted by Gasteiger charge is 2.09. The Balaban J connectivity index is 2.46. The van der Waals surface area contributed by atoms with E-state index in [2.05, 4.69) is 68.8 Å². The van der Waals surface area contributed by atoms with Crippen LogP contribution in [0.4, 0.5) is 0 Å². The third kappa shape index (κ3) is 1.54. The molecular weight excluding hydrogens is 218 g/mol. The van der Waals surface area contributed by atoms with E-state index >= 15 is 0 Å². The van der Waals surface area contributed by atoms with Gasteiger partial charge in [0.2, 0.25) is 0 Å². The molecule has 0 amide bonds. The van der Waals surface area contributed by atoms with Crippen molar-refractivity contribution in [3.8, 4) is 0 Å². The first-order valence-electron chi connectivity index (χ1n) is 6.56. The smallest absolute Gasteiger partial charge is 0.0488 e. The average molecular weight is 237 g/mol. The maximum Gasteiger partial charge on any atom is 0.0488 e. The summed E-state index contributed by atoms with van der Waals surface area (Å²) in [4.78, 5) is 0. The summed E-state index contributed by atoms with van der Waals surface area (Å²) in [5.41, 5.74) is 5.37. The summed E-state index contributed by atoms with van der Waals surface area (Å²) in [6, 6.07) is 13.5. The fourth-order valence-corrected chi connectivity index (χ4v) is 2.71. The van der Waals surface area contributed by atoms with Crippen molar-refractivity contribution in [2.24, 2.45) is 7.05 Å². The van der Waals surface area contributed by atoms with Crippen LogP contribution in [0.2, 0.25) is 0 Å². The number of rotatable bonds is 1. The Kier molecular flexibility index (Phi) is 2.44. The predicted molar refractivity (Wildman–Crippen MR) is 79.3 cm³/mol. The topological polar surface area (TPSA) is 4.93 Å². The number of fused-ring (bicyclic) bond motifs is 3. The molecule has 1 heterocycles. The van der Waals surface area contributed by atoms with Crippen molar-refractivity contribution in [3.05, 3.63) is 47.5 Å². The van der Waals surface area contributed by atoms with Gasteiger partial charge < -0.3 is 4.57 Å². The molecular formula is C17H19N. The summed E-state index contributed by atoms with van der Waals surface area (Å²) in [6.07, 6.45) is 0. The number of hydrogen-bond donors (Lipinski definition) is 0. The molecule has 2 aromatic carbocycles. The molecule has 0 aliphatic heterocycles. The molecule has 0 aliphatic rings. The number of benzene rings is 2. The first kappa shape index (κ1) is 11.3. The molecule has 3 rings (SSSR count). The fraction of sp³-hybridized carbons (Fsp3) is 0.294. The van der Waals surface area contributed by atoms with Gasteiger partial charge in [-0.25, -0.2) is 0 Å². The van der Waals surface area contributed by atoms with Gasteiger partial charge in [0, 0.05) is 28.9 Å². The molecule has 18 heavy (non-hydrogen) atoms. The van der Waals surface area contributed by atoms with Crippen molar-refractivity contribution < 1.29 is 0 Å². The van der Waals surface area contributed by atoms with E-state index in [1.165, 1.54) is 32.9 Å². The van der Waals surface area contributed by atoms with Crippen molar-refractivity contribution >= 4 is 21.8 Å². The molecule has 1 aromatic heterocycles. The van der Waals surface area contributed by atoms with Crippen molar-refractivity contribution in [2.45, 2.75) is 26.7 Å². The largest absolute Gasteiger partial charge is 0.344 e. The third-order valence-electron chi connectivity index (χ3n) is 3.85. The Labute approximate surface area is 108 Å². The molecule has 0 saturated carbocycles. The summed E-state index contributed by atoms with van der Waals surface area (Å²) in [6.45, 7) is 6.65. The Bertz CT molecular complexity index is 732. The molecule has 0 radical (unpaired) electrons. The van der Waals surface area contributed by atoms with Crippen LogP contribution in [0.3, 0.4) is 0 Å². The van der Waals surface area contributed by atoms with Crippen LogP contribution in [0.15, 0.2) is 36.4 Å². The zero-order chi connectivity index (χ0) is 12.9. The SMILES string of the molecule is Cc1ccc2c(c1)c1cc(C(C)C)ccc1n2C. The molecule has 0 N–H and O–H groups in total. The Morgan fingerprint density at radius 3 is 2.17 bits per heavy atom. The van der Waals surface area contributed by atoms with Gasteiger partial charge in [-0.05, 0) is 42.7 Å². The van der Waals surface area contributed by atoms with Crippen LogP contribution in [-0.4, -0.2) is 4.57 Å². The fourth-order valence-electron chi connectivity index (χ4n) is 2.71. The van der Waals surface area contributed by atoms with Gasteiger partial charge in [0.1, 0.15) is 0 Å². The first-order valence-corrected chi connectivity index (χ1v) is 6.56. The lowest BCUT2D eigenvalue weighted by molar-refractivity contribution is 0.868. The van der Waals surface area contributed by atoms with Crippen LogP contribution in [0.1, 0.15) is 30.9 Å². The van der Waals surface area contributed by atoms with Crippen molar-refractivity contribution in [1.29, 1.82) is 0 Å². The van der Waals surface area contributed by atoms with E-state index in [4.69, 9.17) is 0 Å². The van der Waals surface area contributed by atoms with Crippen molar-refractivity contribution in [2.75, 3.05) is 0 Å². The zero-order valence-electron chi connectivity index (χ0n) is 11.5. The number of hydrogen-bond acceptors (Lipinski definition) is 0. The van der Waals surface area contributed by atoms with E-state index in [0.717, 1.165) is 0 Å². The Morgan fingerprint density at radius 2 is 1.50 bits per heavy atom. The van der Waals surface area contributed by atoms with Crippen LogP contribution in [-0.2, 0) is 7.05 Å². The second-order valence-electron chi connectivity index (χ2n) is 5.51. The minimum Gasteiger partial charge on any atom is -0.344 e. The lowest BCUT2D eigenvalue weighted by Crippen LogP contribution is -1.88. The van der Waals surface area contributed by atoms with Crippen LogP contribution in [0.5, 0.6) is 0 Å². The molecule has 3 aromatic rings. The van der Waals surface area contributed by atoms with Crippen LogP contribution < -0.4 is 0 Å².